The van der Waals surface area contributed by atoms with Crippen molar-refractivity contribution in [3.05, 3.63) is 43.5 Å². The van der Waals surface area contributed by atoms with E-state index in [1.165, 1.54) is 35.8 Å². The van der Waals surface area contributed by atoms with Gasteiger partial charge in [0.05, 0.1) is 7.11 Å². The summed E-state index contributed by atoms with van der Waals surface area (Å²) in [5.74, 6) is -1.18. The fourth-order valence-electron chi connectivity index (χ4n) is 5.18. The molecule has 1 aromatic heterocycles. The van der Waals surface area contributed by atoms with Crippen LogP contribution in [0.1, 0.15) is 61.1 Å². The third-order valence-electron chi connectivity index (χ3n) is 9.73. The van der Waals surface area contributed by atoms with Crippen LogP contribution in [0.2, 0.25) is 36.3 Å². The zero-order valence-electron chi connectivity index (χ0n) is 29.0. The van der Waals surface area contributed by atoms with Crippen LogP contribution in [-0.2, 0) is 32.7 Å². The summed E-state index contributed by atoms with van der Waals surface area (Å²) in [6.07, 6.45) is -4.48. The van der Waals surface area contributed by atoms with E-state index >= 15 is 0 Å². The molecule has 0 bridgehead atoms. The van der Waals surface area contributed by atoms with Gasteiger partial charge in [-0.3, -0.25) is 19.1 Å². The summed E-state index contributed by atoms with van der Waals surface area (Å²) in [6, 6.07) is -0.0220. The van der Waals surface area contributed by atoms with Crippen molar-refractivity contribution < 1.29 is 32.7 Å². The molecule has 1 aromatic rings. The number of azide groups is 1. The Balaban J connectivity index is 2.29. The van der Waals surface area contributed by atoms with Crippen LogP contribution in [0, 0.1) is 0 Å². The number of rotatable bonds is 10. The Morgan fingerprint density at radius 1 is 1.00 bits per heavy atom. The summed E-state index contributed by atoms with van der Waals surface area (Å²) in [5, 5.41) is 3.09. The lowest BCUT2D eigenvalue weighted by Crippen LogP contribution is -2.57. The van der Waals surface area contributed by atoms with Gasteiger partial charge in [-0.2, -0.15) is 0 Å². The second kappa shape index (κ2) is 13.7. The Bertz CT molecular complexity index is 1440. The van der Waals surface area contributed by atoms with Gasteiger partial charge >= 0.3 is 11.7 Å². The topological polar surface area (TPSA) is 187 Å². The number of aromatic nitrogens is 2. The lowest BCUT2D eigenvalue weighted by atomic mass is 9.99. The first-order chi connectivity index (χ1) is 21.1. The Hall–Kier alpha value is -2.80. The lowest BCUT2D eigenvalue weighted by Gasteiger charge is -2.44. The van der Waals surface area contributed by atoms with Gasteiger partial charge in [0.2, 0.25) is 5.91 Å². The standard InChI is InChI=1S/C29H50N6O9Si2/c1-17(36)35-19(13-15-31-33-30)41-21(20(35)26(38)40-8)22-23(43-45(9,10)28(2,3)4)24(44-46(11,12)29(5,6)7)25(42-22)34-16-14-18(37)32-27(34)39/h14,16,19-25H,13,15H2,1-12H3,(H,32,37,39)/t19-,20+,21+,22-,23-,24-,25-/m1/s1. The van der Waals surface area contributed by atoms with Crippen molar-refractivity contribution in [2.24, 2.45) is 5.11 Å². The summed E-state index contributed by atoms with van der Waals surface area (Å²) in [7, 11) is -3.99. The monoisotopic (exact) mass is 682 g/mol. The summed E-state index contributed by atoms with van der Waals surface area (Å²) < 4.78 is 33.7. The van der Waals surface area contributed by atoms with Gasteiger partial charge < -0.3 is 28.0 Å². The van der Waals surface area contributed by atoms with Crippen LogP contribution in [0.15, 0.2) is 27.0 Å². The van der Waals surface area contributed by atoms with Gasteiger partial charge in [0.15, 0.2) is 28.9 Å². The third-order valence-corrected chi connectivity index (χ3v) is 18.7. The minimum atomic E-state index is -2.62. The molecule has 1 N–H and O–H groups in total. The average Bonchev–Trinajstić information content (AvgIpc) is 3.45. The largest absolute Gasteiger partial charge is 0.467 e. The van der Waals surface area contributed by atoms with Crippen molar-refractivity contribution in [3.63, 3.8) is 0 Å². The van der Waals surface area contributed by atoms with E-state index in [2.05, 4.69) is 82.7 Å². The second-order valence-corrected chi connectivity index (χ2v) is 24.4. The summed E-state index contributed by atoms with van der Waals surface area (Å²) in [4.78, 5) is 58.1. The van der Waals surface area contributed by atoms with Crippen LogP contribution in [0.3, 0.4) is 0 Å². The van der Waals surface area contributed by atoms with Crippen molar-refractivity contribution in [3.8, 4) is 0 Å². The highest BCUT2D eigenvalue weighted by molar-refractivity contribution is 6.74. The predicted octanol–water partition coefficient (Wildman–Crippen LogP) is 4.03. The van der Waals surface area contributed by atoms with Gasteiger partial charge in [-0.15, -0.1) is 0 Å². The predicted molar refractivity (Wildman–Crippen MR) is 175 cm³/mol. The van der Waals surface area contributed by atoms with Crippen LogP contribution in [0.5, 0.6) is 0 Å². The number of carbonyl (C=O) groups excluding carboxylic acids is 2. The Labute approximate surface area is 271 Å². The molecule has 7 atom stereocenters. The molecule has 3 heterocycles. The molecule has 0 spiro atoms. The third kappa shape index (κ3) is 7.67. The molecule has 15 nitrogen and oxygen atoms in total. The van der Waals surface area contributed by atoms with Gasteiger partial charge in [0.1, 0.15) is 30.6 Å². The summed E-state index contributed by atoms with van der Waals surface area (Å²) in [6.45, 7) is 22.1. The van der Waals surface area contributed by atoms with E-state index in [-0.39, 0.29) is 23.0 Å². The normalized spacial score (nSPS) is 27.4. The van der Waals surface area contributed by atoms with Gasteiger partial charge in [0.25, 0.3) is 5.56 Å². The molecule has 0 unspecified atom stereocenters. The van der Waals surface area contributed by atoms with E-state index in [1.807, 2.05) is 0 Å². The molecule has 258 valence electrons. The Kier molecular flexibility index (Phi) is 11.3. The molecule has 3 rings (SSSR count). The van der Waals surface area contributed by atoms with Gasteiger partial charge in [-0.1, -0.05) is 46.7 Å². The Morgan fingerprint density at radius 2 is 1.57 bits per heavy atom. The fourth-order valence-corrected chi connectivity index (χ4v) is 7.76. The smallest absolute Gasteiger partial charge is 0.331 e. The first kappa shape index (κ1) is 37.7. The molecule has 0 saturated carbocycles. The molecule has 0 radical (unpaired) electrons. The number of esters is 1. The molecule has 0 aromatic carbocycles. The van der Waals surface area contributed by atoms with Crippen molar-refractivity contribution in [1.82, 2.24) is 14.5 Å². The van der Waals surface area contributed by atoms with E-state index in [0.717, 1.165) is 0 Å². The van der Waals surface area contributed by atoms with Crippen LogP contribution in [0.25, 0.3) is 10.4 Å². The fraction of sp³-hybridized carbons (Fsp3) is 0.793. The number of ether oxygens (including phenoxy) is 3. The highest BCUT2D eigenvalue weighted by Crippen LogP contribution is 2.47. The van der Waals surface area contributed by atoms with Crippen LogP contribution in [-0.4, -0.2) is 93.3 Å². The lowest BCUT2D eigenvalue weighted by molar-refractivity contribution is -0.154. The van der Waals surface area contributed by atoms with Crippen molar-refractivity contribution >= 4 is 28.5 Å². The van der Waals surface area contributed by atoms with Crippen molar-refractivity contribution in [2.45, 2.75) is 134 Å². The zero-order chi connectivity index (χ0) is 35.0. The molecule has 2 aliphatic heterocycles. The minimum absolute atomic E-state index is 0.00743. The highest BCUT2D eigenvalue weighted by atomic mass is 28.4. The SMILES string of the molecule is COC(=O)[C@@H]1[C@@H]([C@H]2O[C@@H](n3ccc(=O)[nH]c3=O)[C@H](O[Si](C)(C)C(C)(C)C)[C@@H]2O[Si](C)(C)C(C)(C)C)O[C@H](CCN=[N+]=[N-])N1C(C)=O. The van der Waals surface area contributed by atoms with E-state index < -0.39 is 82.7 Å². The highest BCUT2D eigenvalue weighted by Gasteiger charge is 2.61. The molecule has 2 saturated heterocycles. The number of nitrogens with zero attached hydrogens (tertiary/aromatic N) is 5. The van der Waals surface area contributed by atoms with Crippen LogP contribution in [0.4, 0.5) is 0 Å². The number of hydrogen-bond acceptors (Lipinski definition) is 10. The van der Waals surface area contributed by atoms with Crippen LogP contribution >= 0.6 is 0 Å². The minimum Gasteiger partial charge on any atom is -0.467 e. The van der Waals surface area contributed by atoms with Crippen LogP contribution < -0.4 is 11.2 Å². The van der Waals surface area contributed by atoms with E-state index in [4.69, 9.17) is 28.6 Å². The molecule has 2 aliphatic rings. The molecular formula is C29H50N6O9Si2. The summed E-state index contributed by atoms with van der Waals surface area (Å²) in [5.41, 5.74) is 7.57. The van der Waals surface area contributed by atoms with Gasteiger partial charge in [0, 0.05) is 30.6 Å². The molecule has 17 heteroatoms. The number of methoxy groups -OCH3 is 1. The number of aromatic amines is 1. The Morgan fingerprint density at radius 3 is 2.04 bits per heavy atom. The maximum atomic E-state index is 13.4. The molecule has 0 aliphatic carbocycles. The quantitative estimate of drug-likeness (QED) is 0.125. The van der Waals surface area contributed by atoms with Crippen molar-refractivity contribution in [1.29, 1.82) is 0 Å². The molecule has 1 amide bonds. The average molecular weight is 683 g/mol. The van der Waals surface area contributed by atoms with E-state index in [0.29, 0.717) is 0 Å². The van der Waals surface area contributed by atoms with E-state index in [1.54, 1.807) is 0 Å². The zero-order valence-corrected chi connectivity index (χ0v) is 31.0. The number of amides is 1. The van der Waals surface area contributed by atoms with E-state index in [9.17, 15) is 19.2 Å². The maximum Gasteiger partial charge on any atom is 0.331 e. The van der Waals surface area contributed by atoms with Gasteiger partial charge in [-0.05, 0) is 48.2 Å². The second-order valence-electron chi connectivity index (χ2n) is 14.9. The summed E-state index contributed by atoms with van der Waals surface area (Å²) >= 11 is 0. The number of nitrogens with one attached hydrogen (secondary N) is 1. The first-order valence-corrected chi connectivity index (χ1v) is 21.2. The number of H-pyrrole nitrogens is 1. The number of carbonyl (C=O) groups is 2. The molecule has 46 heavy (non-hydrogen) atoms. The maximum absolute atomic E-state index is 13.4. The molecular weight excluding hydrogens is 633 g/mol. The number of hydrogen-bond donors (Lipinski definition) is 1. The molecule has 2 fully saturated rings. The van der Waals surface area contributed by atoms with Crippen molar-refractivity contribution in [2.75, 3.05) is 13.7 Å². The van der Waals surface area contributed by atoms with Gasteiger partial charge in [-0.25, -0.2) is 9.59 Å². The first-order valence-electron chi connectivity index (χ1n) is 15.4.